The number of rotatable bonds is 13. The van der Waals surface area contributed by atoms with E-state index in [1.165, 1.54) is 27.9 Å². The van der Waals surface area contributed by atoms with Crippen molar-refractivity contribution in [1.29, 1.82) is 0 Å². The molecule has 9 aliphatic rings. The topological polar surface area (TPSA) is 153 Å². The van der Waals surface area contributed by atoms with E-state index in [-0.39, 0.29) is 68.4 Å². The number of piperidine rings is 3. The Balaban J connectivity index is 0.000000168. The van der Waals surface area contributed by atoms with Crippen LogP contribution in [0.25, 0.3) is 0 Å². The van der Waals surface area contributed by atoms with Gasteiger partial charge in [-0.1, -0.05) is 263 Å². The lowest BCUT2D eigenvalue weighted by Crippen LogP contribution is -2.83. The fraction of sp³-hybridized carbons (Fsp3) is 0.410. The number of likely N-dealkylation sites (tertiary alicyclic amines) is 1. The van der Waals surface area contributed by atoms with E-state index in [9.17, 15) is 24.0 Å². The zero-order valence-corrected chi connectivity index (χ0v) is 62.4. The molecule has 16 heteroatoms. The Hall–Kier alpha value is -7.71. The van der Waals surface area contributed by atoms with Gasteiger partial charge < -0.3 is 29.3 Å². The van der Waals surface area contributed by atoms with Gasteiger partial charge in [-0.3, -0.25) is 24.1 Å². The molecule has 0 aromatic heterocycles. The molecule has 0 radical (unpaired) electrons. The van der Waals surface area contributed by atoms with E-state index in [0.29, 0.717) is 37.9 Å². The number of benzene rings is 6. The van der Waals surface area contributed by atoms with Gasteiger partial charge >= 0.3 is 5.97 Å². The van der Waals surface area contributed by atoms with Crippen molar-refractivity contribution in [3.63, 3.8) is 0 Å². The lowest BCUT2D eigenvalue weighted by molar-refractivity contribution is -0.216. The fourth-order valence-corrected chi connectivity index (χ4v) is 28.9. The smallest absolute Gasteiger partial charge is 0.373 e. The minimum Gasteiger partial charge on any atom is -0.402 e. The van der Waals surface area contributed by atoms with Crippen molar-refractivity contribution in [2.45, 2.75) is 170 Å². The molecule has 6 aliphatic heterocycles. The summed E-state index contributed by atoms with van der Waals surface area (Å²) in [6, 6.07) is 62.3. The quantitative estimate of drug-likeness (QED) is 0.0494. The molecule has 3 spiro atoms. The summed E-state index contributed by atoms with van der Waals surface area (Å²) in [5, 5.41) is 11.2. The highest BCUT2D eigenvalue weighted by atomic mass is 32.2. The van der Waals surface area contributed by atoms with Crippen LogP contribution in [0.2, 0.25) is 10.1 Å². The van der Waals surface area contributed by atoms with Gasteiger partial charge in [-0.05, 0) is 124 Å². The molecule has 3 aliphatic carbocycles. The van der Waals surface area contributed by atoms with Gasteiger partial charge in [-0.25, -0.2) is 4.79 Å². The summed E-state index contributed by atoms with van der Waals surface area (Å²) < 4.78 is 15.7. The van der Waals surface area contributed by atoms with Crippen LogP contribution >= 0.6 is 11.8 Å². The molecule has 8 atom stereocenters. The number of allylic oxidation sites excluding steroid dienone is 3. The van der Waals surface area contributed by atoms with Gasteiger partial charge in [0, 0.05) is 35.5 Å². The maximum absolute atomic E-state index is 14.4. The molecule has 6 saturated heterocycles. The SMILES string of the molecule is CC1(C(=O)N2CCC[C@]23C[C@H]2C(=C[C@H](Sc4ccccc4)[C@@H](O[Si](c4ccccc4)(c4ccccc4)C(C)(C)C)C2(C)C)NC3=O)C=CCC=C1.CC1(C)[C@H]2C[C@@]34CCCN3C(=O)[C@]2(C=C[C@H]1O[Si](c1ccccc1)(c1ccccc1)C(C)(C)C)NC4=O.COOC(=O)c1ccccc1. The largest absolute Gasteiger partial charge is 0.402 e. The standard InChI is InChI=1S/C44H52N2O3SSi.C31H38N2O3Si.C8H8O3/c1-41(2,3)51(33-22-13-8-14-23-33,34-24-15-9-16-25-34)49-38-37(50-32-20-11-7-12-21-32)30-36-35(42(38,4)5)31-44(39(47)45-36)28-19-29-46(44)40(48)43(6)26-17-10-18-27-43;1-28(2,3)37(22-13-8-6-9-14-22,23-15-10-7-11-16-23)36-25-17-19-31-24(29(25,4)5)21-30(26(34)32-31)18-12-20-33(30)27(31)35;1-10-11-8(9)7-5-3-2-4-6-7/h7-9,11-18,20-27,30,35,37-38H,10,19,28-29,31H2,1-6H3,(H,45,47);6-11,13-17,19,24-25H,12,18,20-21H2,1-5H3,(H,32,34);2-6H,1H3/t35-,37-,38+,44+;24-,25-,30-,31-;/m01./s1. The number of thioether (sulfide) groups is 1. The van der Waals surface area contributed by atoms with Crippen molar-refractivity contribution in [2.75, 3.05) is 20.2 Å². The number of hydrogen-bond acceptors (Lipinski definition) is 10. The van der Waals surface area contributed by atoms with Crippen LogP contribution in [0, 0.1) is 28.1 Å². The van der Waals surface area contributed by atoms with E-state index >= 15 is 0 Å². The first-order valence-corrected chi connectivity index (χ1v) is 40.0. The van der Waals surface area contributed by atoms with Crippen molar-refractivity contribution >= 4 is 78.7 Å². The third-order valence-corrected chi connectivity index (χ3v) is 34.2. The summed E-state index contributed by atoms with van der Waals surface area (Å²) in [6.45, 7) is 26.3. The number of carbonyl (C=O) groups excluding carboxylic acids is 5. The first kappa shape index (κ1) is 71.1. The molecular weight excluding hydrogens is 1290 g/mol. The monoisotopic (exact) mass is 1380 g/mol. The molecule has 0 unspecified atom stereocenters. The lowest BCUT2D eigenvalue weighted by Gasteiger charge is -2.64. The second-order valence-electron chi connectivity index (χ2n) is 31.6. The van der Waals surface area contributed by atoms with E-state index in [0.717, 1.165) is 36.3 Å². The van der Waals surface area contributed by atoms with Gasteiger partial charge in [0.05, 0.1) is 35.5 Å². The first-order chi connectivity index (χ1) is 47.1. The number of fused-ring (bicyclic) bond motifs is 2. The highest BCUT2D eigenvalue weighted by Gasteiger charge is 2.73. The predicted octanol–water partition coefficient (Wildman–Crippen LogP) is 13.2. The predicted molar refractivity (Wildman–Crippen MR) is 398 cm³/mol. The average Bonchev–Trinajstić information content (AvgIpc) is 1.67. The number of carbonyl (C=O) groups is 5. The van der Waals surface area contributed by atoms with Gasteiger partial charge in [0.25, 0.3) is 22.5 Å². The minimum absolute atomic E-state index is 0.0148. The van der Waals surface area contributed by atoms with Crippen LogP contribution in [0.4, 0.5) is 0 Å². The Morgan fingerprint density at radius 2 is 1.06 bits per heavy atom. The highest BCUT2D eigenvalue weighted by Crippen LogP contribution is 2.60. The van der Waals surface area contributed by atoms with Crippen LogP contribution in [0.15, 0.2) is 235 Å². The molecule has 2 bridgehead atoms. The van der Waals surface area contributed by atoms with E-state index in [1.54, 1.807) is 24.3 Å². The van der Waals surface area contributed by atoms with E-state index in [2.05, 4.69) is 266 Å². The summed E-state index contributed by atoms with van der Waals surface area (Å²) in [5.74, 6) is -0.484. The molecule has 6 aromatic carbocycles. The number of hydrogen-bond donors (Lipinski definition) is 2. The summed E-state index contributed by atoms with van der Waals surface area (Å²) in [4.78, 5) is 80.4. The Kier molecular flexibility index (Phi) is 19.6. The maximum atomic E-state index is 14.4. The van der Waals surface area contributed by atoms with Crippen LogP contribution in [-0.4, -0.2) is 110 Å². The summed E-state index contributed by atoms with van der Waals surface area (Å²) in [7, 11) is -4.47. The normalized spacial score (nSPS) is 26.8. The molecule has 2 N–H and O–H groups in total. The second kappa shape index (κ2) is 27.3. The number of amides is 4. The molecule has 6 aromatic rings. The van der Waals surface area contributed by atoms with Crippen molar-refractivity contribution in [3.05, 3.63) is 236 Å². The zero-order chi connectivity index (χ0) is 70.4. The van der Waals surface area contributed by atoms with Crippen LogP contribution in [0.5, 0.6) is 0 Å². The van der Waals surface area contributed by atoms with Crippen molar-refractivity contribution < 1.29 is 42.6 Å². The summed E-state index contributed by atoms with van der Waals surface area (Å²) in [6.07, 6.45) is 19.3. The molecule has 13 nitrogen and oxygen atoms in total. The Morgan fingerprint density at radius 1 is 0.576 bits per heavy atom. The van der Waals surface area contributed by atoms with Crippen LogP contribution in [-0.2, 0) is 37.8 Å². The highest BCUT2D eigenvalue weighted by molar-refractivity contribution is 8.00. The van der Waals surface area contributed by atoms with Gasteiger partial charge in [-0.2, -0.15) is 4.89 Å². The molecule has 99 heavy (non-hydrogen) atoms. The number of nitrogens with one attached hydrogen (secondary N) is 2. The van der Waals surface area contributed by atoms with Gasteiger partial charge in [0.15, 0.2) is 0 Å². The van der Waals surface area contributed by atoms with E-state index < -0.39 is 50.1 Å². The minimum atomic E-state index is -2.97. The Bertz CT molecular complexity index is 3970. The van der Waals surface area contributed by atoms with Gasteiger partial charge in [-0.15, -0.1) is 11.8 Å². The fourth-order valence-electron chi connectivity index (χ4n) is 17.8. The molecule has 4 amide bonds. The molecular formula is C83H98N4O9SSi2. The van der Waals surface area contributed by atoms with Crippen LogP contribution in [0.3, 0.4) is 0 Å². The summed E-state index contributed by atoms with van der Waals surface area (Å²) in [5.41, 5.74) is -2.65. The maximum Gasteiger partial charge on any atom is 0.373 e. The zero-order valence-electron chi connectivity index (χ0n) is 59.6. The number of piperazine rings is 1. The Morgan fingerprint density at radius 3 is 1.58 bits per heavy atom. The molecule has 15 rings (SSSR count). The summed E-state index contributed by atoms with van der Waals surface area (Å²) >= 11 is 1.81. The molecule has 0 saturated carbocycles. The van der Waals surface area contributed by atoms with Crippen molar-refractivity contribution in [2.24, 2.45) is 28.1 Å². The Labute approximate surface area is 592 Å². The molecule has 6 heterocycles. The first-order valence-electron chi connectivity index (χ1n) is 35.3. The van der Waals surface area contributed by atoms with Gasteiger partial charge in [0.2, 0.25) is 17.7 Å². The second-order valence-corrected chi connectivity index (χ2v) is 41.4. The number of nitrogens with zero attached hydrogens (tertiary/aromatic N) is 2. The molecule has 518 valence electrons. The van der Waals surface area contributed by atoms with Crippen LogP contribution in [0.1, 0.15) is 131 Å². The lowest BCUT2D eigenvalue weighted by atomic mass is 9.53. The van der Waals surface area contributed by atoms with Crippen molar-refractivity contribution in [1.82, 2.24) is 20.4 Å². The van der Waals surface area contributed by atoms with Gasteiger partial charge in [0.1, 0.15) is 16.6 Å². The third-order valence-electron chi connectivity index (χ3n) is 23.0. The van der Waals surface area contributed by atoms with E-state index in [1.807, 2.05) is 52.8 Å². The van der Waals surface area contributed by atoms with Crippen LogP contribution < -0.4 is 31.4 Å². The average molecular weight is 1380 g/mol. The van der Waals surface area contributed by atoms with E-state index in [4.69, 9.17) is 8.85 Å². The molecule has 6 fully saturated rings. The third kappa shape index (κ3) is 12.4. The van der Waals surface area contributed by atoms with Crippen molar-refractivity contribution in [3.8, 4) is 0 Å².